The van der Waals surface area contributed by atoms with Crippen LogP contribution >= 0.6 is 0 Å². The average Bonchev–Trinajstić information content (AvgIpc) is 2.34. The van der Waals surface area contributed by atoms with Crippen molar-refractivity contribution in [1.82, 2.24) is 5.32 Å². The van der Waals surface area contributed by atoms with Gasteiger partial charge in [-0.05, 0) is 11.5 Å². The minimum atomic E-state index is -2.78. The first-order valence-electron chi connectivity index (χ1n) is 6.26. The van der Waals surface area contributed by atoms with Gasteiger partial charge in [0.05, 0.1) is 0 Å². The molecule has 0 spiro atoms. The topological polar surface area (TPSA) is 12.0 Å². The van der Waals surface area contributed by atoms with E-state index in [4.69, 9.17) is 0 Å². The summed E-state index contributed by atoms with van der Waals surface area (Å²) in [7, 11) is 1.84. The van der Waals surface area contributed by atoms with Crippen molar-refractivity contribution in [2.75, 3.05) is 7.05 Å². The molecule has 0 aliphatic carbocycles. The Morgan fingerprint density at radius 1 is 1.33 bits per heavy atom. The molecule has 1 nitrogen and oxygen atoms in total. The molecule has 1 N–H and O–H groups in total. The van der Waals surface area contributed by atoms with Crippen LogP contribution in [0.5, 0.6) is 0 Å². The van der Waals surface area contributed by atoms with E-state index in [1.807, 2.05) is 7.05 Å². The third-order valence-corrected chi connectivity index (χ3v) is 3.07. The summed E-state index contributed by atoms with van der Waals surface area (Å²) in [6.45, 7) is 5.16. The van der Waals surface area contributed by atoms with E-state index < -0.39 is 5.92 Å². The van der Waals surface area contributed by atoms with E-state index in [0.29, 0.717) is 5.92 Å². The lowest BCUT2D eigenvalue weighted by atomic mass is 10.0. The van der Waals surface area contributed by atoms with Crippen LogP contribution in [0, 0.1) is 5.92 Å². The zero-order valence-corrected chi connectivity index (χ0v) is 11.4. The lowest BCUT2D eigenvalue weighted by molar-refractivity contribution is 0.0175. The van der Waals surface area contributed by atoms with E-state index >= 15 is 0 Å². The van der Waals surface area contributed by atoms with Crippen molar-refractivity contribution in [3.05, 3.63) is 41.5 Å². The Morgan fingerprint density at radius 3 is 2.28 bits per heavy atom. The second kappa shape index (κ2) is 5.98. The van der Waals surface area contributed by atoms with Crippen molar-refractivity contribution in [3.8, 4) is 0 Å². The molecule has 0 saturated heterocycles. The molecule has 0 fully saturated rings. The molecule has 0 saturated carbocycles. The summed E-state index contributed by atoms with van der Waals surface area (Å²) < 4.78 is 26.2. The molecular weight excluding hydrogens is 232 g/mol. The van der Waals surface area contributed by atoms with Crippen LogP contribution in [0.4, 0.5) is 8.78 Å². The summed E-state index contributed by atoms with van der Waals surface area (Å²) >= 11 is 0. The first kappa shape index (κ1) is 14.7. The van der Waals surface area contributed by atoms with E-state index in [-0.39, 0.29) is 5.56 Å². The number of halogens is 2. The van der Waals surface area contributed by atoms with Gasteiger partial charge in [-0.2, -0.15) is 0 Å². The van der Waals surface area contributed by atoms with Crippen LogP contribution in [-0.2, 0) is 5.92 Å². The minimum Gasteiger partial charge on any atom is -0.388 e. The number of nitrogens with one attached hydrogen (secondary N) is 1. The quantitative estimate of drug-likeness (QED) is 0.819. The monoisotopic (exact) mass is 253 g/mol. The van der Waals surface area contributed by atoms with Gasteiger partial charge < -0.3 is 5.32 Å². The van der Waals surface area contributed by atoms with Crippen molar-refractivity contribution >= 4 is 5.70 Å². The molecule has 1 unspecified atom stereocenters. The second-order valence-electron chi connectivity index (χ2n) is 4.68. The highest BCUT2D eigenvalue weighted by Gasteiger charge is 2.23. The zero-order chi connectivity index (χ0) is 13.8. The van der Waals surface area contributed by atoms with Crippen LogP contribution in [0.3, 0.4) is 0 Å². The van der Waals surface area contributed by atoms with Crippen LogP contribution in [0.1, 0.15) is 38.3 Å². The van der Waals surface area contributed by atoms with Gasteiger partial charge in [0, 0.05) is 25.2 Å². The number of hydrogen-bond donors (Lipinski definition) is 1. The first-order chi connectivity index (χ1) is 8.38. The number of alkyl halides is 2. The third kappa shape index (κ3) is 3.83. The van der Waals surface area contributed by atoms with E-state index in [0.717, 1.165) is 24.6 Å². The third-order valence-electron chi connectivity index (χ3n) is 3.07. The number of rotatable bonds is 5. The molecule has 18 heavy (non-hydrogen) atoms. The van der Waals surface area contributed by atoms with Gasteiger partial charge in [-0.15, -0.1) is 0 Å². The highest BCUT2D eigenvalue weighted by molar-refractivity contribution is 5.64. The van der Waals surface area contributed by atoms with Crippen LogP contribution in [0.25, 0.3) is 5.70 Å². The van der Waals surface area contributed by atoms with Crippen LogP contribution in [0.15, 0.2) is 30.3 Å². The summed E-state index contributed by atoms with van der Waals surface area (Å²) in [5, 5.41) is 3.12. The highest BCUT2D eigenvalue weighted by Crippen LogP contribution is 2.27. The summed E-state index contributed by atoms with van der Waals surface area (Å²) in [6, 6.07) is 6.43. The molecule has 3 heteroatoms. The maximum atomic E-state index is 13.1. The lowest BCUT2D eigenvalue weighted by Gasteiger charge is -2.13. The average molecular weight is 253 g/mol. The maximum absolute atomic E-state index is 13.1. The van der Waals surface area contributed by atoms with Crippen molar-refractivity contribution in [1.29, 1.82) is 0 Å². The number of hydrogen-bond acceptors (Lipinski definition) is 1. The van der Waals surface area contributed by atoms with E-state index in [1.54, 1.807) is 12.1 Å². The molecule has 0 bridgehead atoms. The molecular formula is C15H21F2N. The maximum Gasteiger partial charge on any atom is 0.270 e. The highest BCUT2D eigenvalue weighted by atomic mass is 19.3. The SMILES string of the molecule is CCC(C)/C=C(\NC)c1ccc(C(C)(F)F)cc1. The van der Waals surface area contributed by atoms with Gasteiger partial charge in [0.25, 0.3) is 5.92 Å². The van der Waals surface area contributed by atoms with Gasteiger partial charge >= 0.3 is 0 Å². The molecule has 1 atom stereocenters. The Balaban J connectivity index is 2.99. The zero-order valence-electron chi connectivity index (χ0n) is 11.4. The van der Waals surface area contributed by atoms with Crippen LogP contribution in [-0.4, -0.2) is 7.05 Å². The predicted molar refractivity (Wildman–Crippen MR) is 72.5 cm³/mol. The normalized spacial score (nSPS) is 14.4. The molecule has 0 heterocycles. The summed E-state index contributed by atoms with van der Waals surface area (Å²) in [4.78, 5) is 0. The van der Waals surface area contributed by atoms with Gasteiger partial charge in [-0.1, -0.05) is 50.6 Å². The Kier molecular flexibility index (Phi) is 4.88. The predicted octanol–water partition coefficient (Wildman–Crippen LogP) is 4.40. The summed E-state index contributed by atoms with van der Waals surface area (Å²) in [6.07, 6.45) is 3.18. The molecule has 1 aromatic carbocycles. The molecule has 0 radical (unpaired) electrons. The Morgan fingerprint density at radius 2 is 1.89 bits per heavy atom. The van der Waals surface area contributed by atoms with E-state index in [2.05, 4.69) is 25.2 Å². The summed E-state index contributed by atoms with van der Waals surface area (Å²) in [5.74, 6) is -2.32. The molecule has 0 amide bonds. The Bertz CT molecular complexity index is 401. The molecule has 1 aromatic rings. The van der Waals surface area contributed by atoms with Gasteiger partial charge in [-0.25, -0.2) is 8.78 Å². The van der Waals surface area contributed by atoms with Crippen molar-refractivity contribution < 1.29 is 8.78 Å². The van der Waals surface area contributed by atoms with Crippen molar-refractivity contribution in [3.63, 3.8) is 0 Å². The van der Waals surface area contributed by atoms with Crippen molar-refractivity contribution in [2.24, 2.45) is 5.92 Å². The fraction of sp³-hybridized carbons (Fsp3) is 0.467. The van der Waals surface area contributed by atoms with Gasteiger partial charge in [0.1, 0.15) is 0 Å². The molecule has 0 aromatic heterocycles. The Hall–Kier alpha value is -1.38. The Labute approximate surface area is 108 Å². The van der Waals surface area contributed by atoms with E-state index in [9.17, 15) is 8.78 Å². The summed E-state index contributed by atoms with van der Waals surface area (Å²) in [5.41, 5.74) is 1.96. The second-order valence-corrected chi connectivity index (χ2v) is 4.68. The first-order valence-corrected chi connectivity index (χ1v) is 6.26. The molecule has 1 rings (SSSR count). The minimum absolute atomic E-state index is 0.0465. The van der Waals surface area contributed by atoms with Gasteiger partial charge in [0.2, 0.25) is 0 Å². The fourth-order valence-electron chi connectivity index (χ4n) is 1.67. The largest absolute Gasteiger partial charge is 0.388 e. The lowest BCUT2D eigenvalue weighted by Crippen LogP contribution is -2.09. The van der Waals surface area contributed by atoms with Gasteiger partial charge in [0.15, 0.2) is 0 Å². The van der Waals surface area contributed by atoms with Crippen LogP contribution in [0.2, 0.25) is 0 Å². The molecule has 0 aliphatic rings. The molecule has 100 valence electrons. The van der Waals surface area contributed by atoms with Crippen LogP contribution < -0.4 is 5.32 Å². The number of benzene rings is 1. The van der Waals surface area contributed by atoms with Gasteiger partial charge in [-0.3, -0.25) is 0 Å². The standard InChI is InChI=1S/C15H21F2N/c1-5-11(2)10-14(18-4)12-6-8-13(9-7-12)15(3,16)17/h6-11,18H,5H2,1-4H3/b14-10-. The fourth-order valence-corrected chi connectivity index (χ4v) is 1.67. The molecule has 0 aliphatic heterocycles. The smallest absolute Gasteiger partial charge is 0.270 e. The number of allylic oxidation sites excluding steroid dienone is 1. The van der Waals surface area contributed by atoms with E-state index in [1.165, 1.54) is 12.1 Å². The van der Waals surface area contributed by atoms with Crippen molar-refractivity contribution in [2.45, 2.75) is 33.1 Å².